The molecule has 24 heavy (non-hydrogen) atoms. The van der Waals surface area contributed by atoms with Crippen LogP contribution in [0.5, 0.6) is 0 Å². The molecule has 1 aliphatic rings. The highest BCUT2D eigenvalue weighted by Crippen LogP contribution is 2.26. The van der Waals surface area contributed by atoms with Gasteiger partial charge in [0.2, 0.25) is 5.09 Å². The quantitative estimate of drug-likeness (QED) is 0.777. The van der Waals surface area contributed by atoms with Crippen molar-refractivity contribution in [2.75, 3.05) is 20.1 Å². The Hall–Kier alpha value is -1.29. The lowest BCUT2D eigenvalue weighted by molar-refractivity contribution is 0.213. The van der Waals surface area contributed by atoms with Crippen molar-refractivity contribution in [3.05, 3.63) is 34.5 Å². The summed E-state index contributed by atoms with van der Waals surface area (Å²) in [6.07, 6.45) is 1.09. The molecular formula is C15H20FN3O3S2. The number of alkyl halides is 1. The number of hydrogen-bond acceptors (Lipinski definition) is 6. The fraction of sp³-hybridized carbons (Fsp3) is 0.533. The summed E-state index contributed by atoms with van der Waals surface area (Å²) in [4.78, 5) is 6.19. The molecule has 0 N–H and O–H groups in total. The van der Waals surface area contributed by atoms with Gasteiger partial charge in [0.15, 0.2) is 0 Å². The van der Waals surface area contributed by atoms with Crippen molar-refractivity contribution >= 4 is 21.4 Å². The first-order valence-electron chi connectivity index (χ1n) is 7.65. The van der Waals surface area contributed by atoms with E-state index in [1.165, 1.54) is 28.8 Å². The van der Waals surface area contributed by atoms with E-state index in [9.17, 15) is 12.8 Å². The number of thiazole rings is 1. The standard InChI is InChI=1S/C15H20FN3O3S2/c1-11-3-4-15(22-11)24(20,21)18(2)9-13-7-12(16)8-19(13)10-14-17-5-6-23-14/h3-6,12-13H,7-10H2,1-2H3/t12-,13-/m0/s1. The van der Waals surface area contributed by atoms with Crippen LogP contribution in [0.15, 0.2) is 33.2 Å². The first-order valence-corrected chi connectivity index (χ1v) is 9.97. The summed E-state index contributed by atoms with van der Waals surface area (Å²) >= 11 is 1.52. The molecule has 2 atom stereocenters. The van der Waals surface area contributed by atoms with Gasteiger partial charge in [-0.3, -0.25) is 4.90 Å². The highest BCUT2D eigenvalue weighted by atomic mass is 32.2. The number of rotatable bonds is 6. The zero-order valence-electron chi connectivity index (χ0n) is 13.6. The highest BCUT2D eigenvalue weighted by Gasteiger charge is 2.36. The third kappa shape index (κ3) is 3.69. The van der Waals surface area contributed by atoms with Gasteiger partial charge in [-0.25, -0.2) is 17.8 Å². The molecule has 0 amide bonds. The van der Waals surface area contributed by atoms with Crippen LogP contribution in [-0.4, -0.2) is 55.0 Å². The zero-order chi connectivity index (χ0) is 17.3. The molecule has 132 valence electrons. The fourth-order valence-corrected chi connectivity index (χ4v) is 4.70. The second-order valence-corrected chi connectivity index (χ2v) is 8.95. The molecule has 1 fully saturated rings. The number of hydrogen-bond donors (Lipinski definition) is 0. The Labute approximate surface area is 145 Å². The zero-order valence-corrected chi connectivity index (χ0v) is 15.2. The van der Waals surface area contributed by atoms with E-state index in [1.54, 1.807) is 19.2 Å². The Bertz CT molecular complexity index is 776. The van der Waals surface area contributed by atoms with Gasteiger partial charge in [-0.1, -0.05) is 0 Å². The van der Waals surface area contributed by atoms with Gasteiger partial charge in [0.05, 0.1) is 6.54 Å². The van der Waals surface area contributed by atoms with E-state index in [1.807, 2.05) is 10.3 Å². The molecule has 2 aromatic heterocycles. The van der Waals surface area contributed by atoms with Crippen LogP contribution < -0.4 is 0 Å². The van der Waals surface area contributed by atoms with Gasteiger partial charge in [0, 0.05) is 37.8 Å². The largest absolute Gasteiger partial charge is 0.449 e. The Morgan fingerprint density at radius 2 is 2.29 bits per heavy atom. The van der Waals surface area contributed by atoms with Gasteiger partial charge < -0.3 is 4.42 Å². The normalized spacial score (nSPS) is 22.5. The third-order valence-electron chi connectivity index (χ3n) is 4.15. The van der Waals surface area contributed by atoms with Crippen molar-refractivity contribution in [2.24, 2.45) is 0 Å². The fourth-order valence-electron chi connectivity index (χ4n) is 2.91. The average Bonchev–Trinajstić information content (AvgIpc) is 3.23. The lowest BCUT2D eigenvalue weighted by Crippen LogP contribution is -2.40. The Morgan fingerprint density at radius 3 is 2.92 bits per heavy atom. The Balaban J connectivity index is 1.71. The van der Waals surface area contributed by atoms with E-state index in [0.717, 1.165) is 5.01 Å². The number of aryl methyl sites for hydroxylation is 1. The number of likely N-dealkylation sites (tertiary alicyclic amines) is 1. The van der Waals surface area contributed by atoms with Crippen LogP contribution in [0.1, 0.15) is 17.2 Å². The molecule has 9 heteroatoms. The summed E-state index contributed by atoms with van der Waals surface area (Å²) in [5.41, 5.74) is 0. The van der Waals surface area contributed by atoms with Crippen molar-refractivity contribution in [3.8, 4) is 0 Å². The van der Waals surface area contributed by atoms with Crippen LogP contribution in [0.4, 0.5) is 4.39 Å². The molecule has 0 unspecified atom stereocenters. The van der Waals surface area contributed by atoms with Crippen LogP contribution in [0, 0.1) is 6.92 Å². The van der Waals surface area contributed by atoms with Crippen LogP contribution >= 0.6 is 11.3 Å². The minimum absolute atomic E-state index is 0.0798. The summed E-state index contributed by atoms with van der Waals surface area (Å²) in [5.74, 6) is 0.539. The summed E-state index contributed by atoms with van der Waals surface area (Å²) in [6.45, 7) is 2.75. The monoisotopic (exact) mass is 373 g/mol. The minimum atomic E-state index is -3.70. The molecule has 2 aromatic rings. The number of likely N-dealkylation sites (N-methyl/N-ethyl adjacent to an activating group) is 1. The Kier molecular flexibility index (Phi) is 5.05. The SMILES string of the molecule is Cc1ccc(S(=O)(=O)N(C)C[C@@H]2C[C@H](F)CN2Cc2nccs2)o1. The molecule has 0 spiro atoms. The van der Waals surface area contributed by atoms with Crippen LogP contribution in [0.2, 0.25) is 0 Å². The summed E-state index contributed by atoms with van der Waals surface area (Å²) in [7, 11) is -2.20. The van der Waals surface area contributed by atoms with Crippen LogP contribution in [-0.2, 0) is 16.6 Å². The van der Waals surface area contributed by atoms with Crippen molar-refractivity contribution in [3.63, 3.8) is 0 Å². The van der Waals surface area contributed by atoms with E-state index >= 15 is 0 Å². The van der Waals surface area contributed by atoms with Gasteiger partial charge in [-0.2, -0.15) is 4.31 Å². The first kappa shape index (κ1) is 17.5. The predicted molar refractivity (Wildman–Crippen MR) is 89.1 cm³/mol. The predicted octanol–water partition coefficient (Wildman–Crippen LogP) is 2.28. The van der Waals surface area contributed by atoms with Gasteiger partial charge >= 0.3 is 0 Å². The van der Waals surface area contributed by atoms with E-state index in [-0.39, 0.29) is 17.7 Å². The molecule has 0 saturated carbocycles. The van der Waals surface area contributed by atoms with Crippen LogP contribution in [0.25, 0.3) is 0 Å². The van der Waals surface area contributed by atoms with Crippen molar-refractivity contribution in [1.29, 1.82) is 0 Å². The number of aromatic nitrogens is 1. The number of halogens is 1. The summed E-state index contributed by atoms with van der Waals surface area (Å²) in [5, 5.41) is 2.70. The smallest absolute Gasteiger partial charge is 0.276 e. The maximum Gasteiger partial charge on any atom is 0.276 e. The van der Waals surface area contributed by atoms with E-state index < -0.39 is 16.2 Å². The molecule has 0 aromatic carbocycles. The molecule has 0 bridgehead atoms. The maximum atomic E-state index is 13.9. The van der Waals surface area contributed by atoms with E-state index in [2.05, 4.69) is 4.98 Å². The number of furan rings is 1. The van der Waals surface area contributed by atoms with E-state index in [4.69, 9.17) is 4.42 Å². The average molecular weight is 373 g/mol. The summed E-state index contributed by atoms with van der Waals surface area (Å²) in [6, 6.07) is 2.88. The molecule has 3 heterocycles. The van der Waals surface area contributed by atoms with Crippen LogP contribution in [0.3, 0.4) is 0 Å². The number of nitrogens with zero attached hydrogens (tertiary/aromatic N) is 3. The molecule has 1 aliphatic heterocycles. The van der Waals surface area contributed by atoms with E-state index in [0.29, 0.717) is 25.3 Å². The Morgan fingerprint density at radius 1 is 1.50 bits per heavy atom. The second-order valence-electron chi connectivity index (χ2n) is 5.99. The molecule has 1 saturated heterocycles. The first-order chi connectivity index (χ1) is 11.4. The maximum absolute atomic E-state index is 13.9. The third-order valence-corrected chi connectivity index (χ3v) is 6.61. The lowest BCUT2D eigenvalue weighted by atomic mass is 10.2. The molecule has 0 aliphatic carbocycles. The molecule has 3 rings (SSSR count). The molecule has 6 nitrogen and oxygen atoms in total. The summed E-state index contributed by atoms with van der Waals surface area (Å²) < 4.78 is 45.5. The van der Waals surface area contributed by atoms with Crippen molar-refractivity contribution in [1.82, 2.24) is 14.2 Å². The van der Waals surface area contributed by atoms with Crippen molar-refractivity contribution < 1.29 is 17.2 Å². The second kappa shape index (κ2) is 6.91. The van der Waals surface area contributed by atoms with Gasteiger partial charge in [0.1, 0.15) is 16.9 Å². The van der Waals surface area contributed by atoms with Crippen molar-refractivity contribution in [2.45, 2.75) is 37.2 Å². The minimum Gasteiger partial charge on any atom is -0.449 e. The van der Waals surface area contributed by atoms with Gasteiger partial charge in [-0.15, -0.1) is 11.3 Å². The molecular weight excluding hydrogens is 353 g/mol. The molecule has 0 radical (unpaired) electrons. The topological polar surface area (TPSA) is 66.7 Å². The number of sulfonamides is 1. The lowest BCUT2D eigenvalue weighted by Gasteiger charge is -2.26. The highest BCUT2D eigenvalue weighted by molar-refractivity contribution is 7.89. The van der Waals surface area contributed by atoms with Gasteiger partial charge in [-0.05, 0) is 25.5 Å². The van der Waals surface area contributed by atoms with Gasteiger partial charge in [0.25, 0.3) is 10.0 Å².